The van der Waals surface area contributed by atoms with Crippen LogP contribution in [-0.4, -0.2) is 84.8 Å². The number of benzene rings is 1. The van der Waals surface area contributed by atoms with Crippen LogP contribution in [0.5, 0.6) is 0 Å². The van der Waals surface area contributed by atoms with Crippen molar-refractivity contribution < 1.29 is 13.6 Å². The minimum atomic E-state index is -0.860. The third-order valence-electron chi connectivity index (χ3n) is 6.23. The summed E-state index contributed by atoms with van der Waals surface area (Å²) in [5, 5.41) is 3.36. The maximum Gasteiger partial charge on any atom is 0.298 e. The Hall–Kier alpha value is -2.19. The number of hydrogen-bond donors (Lipinski definition) is 1. The Morgan fingerprint density at radius 1 is 1.18 bits per heavy atom. The first-order valence-electron chi connectivity index (χ1n) is 10.2. The van der Waals surface area contributed by atoms with Gasteiger partial charge in [0.2, 0.25) is 5.91 Å². The fourth-order valence-corrected chi connectivity index (χ4v) is 4.60. The maximum absolute atomic E-state index is 13.4. The lowest BCUT2D eigenvalue weighted by Crippen LogP contribution is -2.51. The van der Waals surface area contributed by atoms with Crippen LogP contribution < -0.4 is 10.2 Å². The number of nitrogens with zero attached hydrogens (tertiary/aromatic N) is 4. The number of hydrogen-bond acceptors (Lipinski definition) is 6. The van der Waals surface area contributed by atoms with Crippen LogP contribution >= 0.6 is 0 Å². The van der Waals surface area contributed by atoms with Crippen molar-refractivity contribution in [3.63, 3.8) is 0 Å². The molecule has 0 saturated carbocycles. The molecule has 1 aromatic heterocycles. The molecule has 0 spiro atoms. The van der Waals surface area contributed by atoms with Gasteiger partial charge in [0, 0.05) is 45.3 Å². The quantitative estimate of drug-likeness (QED) is 0.855. The molecule has 3 saturated heterocycles. The average molecular weight is 387 g/mol. The second-order valence-corrected chi connectivity index (χ2v) is 8.01. The first kappa shape index (κ1) is 17.9. The molecule has 28 heavy (non-hydrogen) atoms. The number of halogens is 1. The van der Waals surface area contributed by atoms with Gasteiger partial charge in [-0.1, -0.05) is 12.1 Å². The number of oxazole rings is 1. The number of alkyl halides is 1. The lowest BCUT2D eigenvalue weighted by atomic mass is 10.1. The fourth-order valence-electron chi connectivity index (χ4n) is 4.60. The van der Waals surface area contributed by atoms with Crippen LogP contribution in [0.3, 0.4) is 0 Å². The van der Waals surface area contributed by atoms with Gasteiger partial charge in [-0.15, -0.1) is 0 Å². The first-order chi connectivity index (χ1) is 13.7. The molecule has 8 heteroatoms. The van der Waals surface area contributed by atoms with Gasteiger partial charge in [-0.3, -0.25) is 9.69 Å². The van der Waals surface area contributed by atoms with Gasteiger partial charge in [0.15, 0.2) is 5.58 Å². The van der Waals surface area contributed by atoms with Crippen LogP contribution in [0, 0.1) is 0 Å². The zero-order valence-corrected chi connectivity index (χ0v) is 15.9. The molecule has 0 aliphatic carbocycles. The van der Waals surface area contributed by atoms with E-state index >= 15 is 0 Å². The van der Waals surface area contributed by atoms with Crippen LogP contribution in [0.25, 0.3) is 11.1 Å². The van der Waals surface area contributed by atoms with E-state index in [4.69, 9.17) is 4.42 Å². The number of amides is 1. The van der Waals surface area contributed by atoms with Crippen molar-refractivity contribution in [3.8, 4) is 0 Å². The molecule has 3 aliphatic rings. The van der Waals surface area contributed by atoms with E-state index in [1.54, 1.807) is 4.90 Å². The molecule has 7 nitrogen and oxygen atoms in total. The second kappa shape index (κ2) is 7.33. The first-order valence-corrected chi connectivity index (χ1v) is 10.2. The van der Waals surface area contributed by atoms with E-state index in [-0.39, 0.29) is 18.5 Å². The number of likely N-dealkylation sites (tertiary alicyclic amines) is 1. The van der Waals surface area contributed by atoms with E-state index in [9.17, 15) is 9.18 Å². The van der Waals surface area contributed by atoms with Crippen LogP contribution in [0.4, 0.5) is 10.4 Å². The van der Waals surface area contributed by atoms with Gasteiger partial charge >= 0.3 is 0 Å². The van der Waals surface area contributed by atoms with Crippen molar-refractivity contribution in [3.05, 3.63) is 24.3 Å². The minimum Gasteiger partial charge on any atom is -0.423 e. The molecule has 2 aromatic rings. The van der Waals surface area contributed by atoms with Crippen molar-refractivity contribution in [2.24, 2.45) is 0 Å². The third-order valence-corrected chi connectivity index (χ3v) is 6.23. The number of aromatic nitrogens is 1. The second-order valence-electron chi connectivity index (χ2n) is 8.01. The van der Waals surface area contributed by atoms with Crippen LogP contribution in [0.1, 0.15) is 12.8 Å². The van der Waals surface area contributed by atoms with Crippen molar-refractivity contribution in [2.75, 3.05) is 50.7 Å². The fraction of sp³-hybridized carbons (Fsp3) is 0.600. The molecule has 3 atom stereocenters. The maximum atomic E-state index is 13.4. The molecular formula is C20H26FN5O2. The largest absolute Gasteiger partial charge is 0.423 e. The molecule has 1 aromatic carbocycles. The Morgan fingerprint density at radius 2 is 2.00 bits per heavy atom. The highest BCUT2D eigenvalue weighted by molar-refractivity contribution is 5.82. The van der Waals surface area contributed by atoms with Crippen molar-refractivity contribution in [1.29, 1.82) is 0 Å². The molecule has 1 N–H and O–H groups in total. The van der Waals surface area contributed by atoms with Gasteiger partial charge in [0.25, 0.3) is 6.01 Å². The highest BCUT2D eigenvalue weighted by Crippen LogP contribution is 2.24. The van der Waals surface area contributed by atoms with Crippen LogP contribution in [0.2, 0.25) is 0 Å². The molecule has 1 unspecified atom stereocenters. The zero-order valence-electron chi connectivity index (χ0n) is 15.9. The molecular weight excluding hydrogens is 361 g/mol. The lowest BCUT2D eigenvalue weighted by Gasteiger charge is -2.37. The summed E-state index contributed by atoms with van der Waals surface area (Å²) in [7, 11) is 0. The normalized spacial score (nSPS) is 29.1. The van der Waals surface area contributed by atoms with Gasteiger partial charge in [0.05, 0.1) is 12.6 Å². The number of anilines is 1. The number of piperazine rings is 1. The average Bonchev–Trinajstić information content (AvgIpc) is 3.46. The summed E-state index contributed by atoms with van der Waals surface area (Å²) < 4.78 is 19.3. The van der Waals surface area contributed by atoms with Gasteiger partial charge < -0.3 is 19.5 Å². The Balaban J connectivity index is 1.15. The van der Waals surface area contributed by atoms with Gasteiger partial charge in [-0.2, -0.15) is 4.98 Å². The highest BCUT2D eigenvalue weighted by atomic mass is 19.1. The van der Waals surface area contributed by atoms with Crippen molar-refractivity contribution in [1.82, 2.24) is 20.1 Å². The number of nitrogens with one attached hydrogen (secondary N) is 1. The summed E-state index contributed by atoms with van der Waals surface area (Å²) in [6, 6.07) is 8.69. The minimum absolute atomic E-state index is 0.0627. The molecule has 3 fully saturated rings. The Morgan fingerprint density at radius 3 is 2.75 bits per heavy atom. The van der Waals surface area contributed by atoms with Crippen LogP contribution in [0.15, 0.2) is 28.7 Å². The van der Waals surface area contributed by atoms with E-state index in [2.05, 4.69) is 20.1 Å². The van der Waals surface area contributed by atoms with Crippen molar-refractivity contribution in [2.45, 2.75) is 31.1 Å². The Kier molecular flexibility index (Phi) is 4.68. The number of fused-ring (bicyclic) bond motifs is 1. The van der Waals surface area contributed by atoms with Gasteiger partial charge in [-0.25, -0.2) is 4.39 Å². The van der Waals surface area contributed by atoms with Gasteiger partial charge in [0.1, 0.15) is 11.7 Å². The summed E-state index contributed by atoms with van der Waals surface area (Å²) in [5.41, 5.74) is 1.71. The molecule has 4 heterocycles. The predicted molar refractivity (Wildman–Crippen MR) is 104 cm³/mol. The van der Waals surface area contributed by atoms with E-state index in [1.807, 2.05) is 24.3 Å². The van der Waals surface area contributed by atoms with E-state index in [1.165, 1.54) is 0 Å². The summed E-state index contributed by atoms with van der Waals surface area (Å²) in [5.74, 6) is 0.0627. The van der Waals surface area contributed by atoms with E-state index in [0.717, 1.165) is 50.2 Å². The van der Waals surface area contributed by atoms with E-state index < -0.39 is 6.17 Å². The molecule has 150 valence electrons. The molecule has 1 amide bonds. The number of carbonyl (C=O) groups is 1. The van der Waals surface area contributed by atoms with Crippen LogP contribution in [-0.2, 0) is 4.79 Å². The monoisotopic (exact) mass is 387 g/mol. The van der Waals surface area contributed by atoms with Crippen molar-refractivity contribution >= 4 is 23.0 Å². The van der Waals surface area contributed by atoms with Gasteiger partial charge in [-0.05, 0) is 25.0 Å². The zero-order chi connectivity index (χ0) is 19.1. The smallest absolute Gasteiger partial charge is 0.298 e. The van der Waals surface area contributed by atoms with E-state index in [0.29, 0.717) is 25.0 Å². The topological polar surface area (TPSA) is 64.9 Å². The predicted octanol–water partition coefficient (Wildman–Crippen LogP) is 1.25. The number of rotatable bonds is 3. The molecule has 3 aliphatic heterocycles. The summed E-state index contributed by atoms with van der Waals surface area (Å²) in [6.07, 6.45) is 0.413. The molecule has 0 bridgehead atoms. The molecule has 0 radical (unpaired) electrons. The summed E-state index contributed by atoms with van der Waals surface area (Å²) in [6.45, 7) is 5.17. The SMILES string of the molecule is O=C([C@@H]1C[C@H](N2CCN(c3nc4ccccc4o3)CC2)CN1)N1CCC(F)C1. The number of para-hydroxylation sites is 2. The highest BCUT2D eigenvalue weighted by Gasteiger charge is 2.38. The Labute approximate surface area is 163 Å². The summed E-state index contributed by atoms with van der Waals surface area (Å²) >= 11 is 0. The standard InChI is InChI=1S/C20H26FN5O2/c21-14-5-6-26(13-14)19(27)17-11-15(12-22-17)24-7-9-25(10-8-24)20-23-16-3-1-2-4-18(16)28-20/h1-4,14-15,17,22H,5-13H2/t14?,15-,17-/m0/s1. The number of carbonyl (C=O) groups excluding carboxylic acids is 1. The lowest BCUT2D eigenvalue weighted by molar-refractivity contribution is -0.132. The third kappa shape index (κ3) is 3.35. The summed E-state index contributed by atoms with van der Waals surface area (Å²) in [4.78, 5) is 23.5. The molecule has 5 rings (SSSR count). The Bertz CT molecular complexity index is 817.